The molecular weight excluding hydrogens is 417 g/mol. The zero-order valence-electron chi connectivity index (χ0n) is 17.0. The van der Waals surface area contributed by atoms with Gasteiger partial charge in [0.05, 0.1) is 11.3 Å². The highest BCUT2D eigenvalue weighted by molar-refractivity contribution is 7.15. The molecule has 0 spiro atoms. The molecule has 4 rings (SSSR count). The maximum atomic E-state index is 14.0. The van der Waals surface area contributed by atoms with E-state index in [2.05, 4.69) is 20.7 Å². The van der Waals surface area contributed by atoms with Crippen LogP contribution >= 0.6 is 11.3 Å². The number of amides is 2. The van der Waals surface area contributed by atoms with E-state index in [9.17, 15) is 14.0 Å². The fourth-order valence-corrected chi connectivity index (χ4v) is 3.94. The molecule has 0 radical (unpaired) electrons. The van der Waals surface area contributed by atoms with Crippen LogP contribution in [-0.2, 0) is 16.0 Å². The summed E-state index contributed by atoms with van der Waals surface area (Å²) in [5.41, 5.74) is 3.63. The molecule has 4 aromatic rings. The van der Waals surface area contributed by atoms with Gasteiger partial charge in [0, 0.05) is 24.0 Å². The fourth-order valence-electron chi connectivity index (χ4n) is 3.09. The second-order valence-corrected chi connectivity index (χ2v) is 7.95. The third-order valence-corrected chi connectivity index (χ3v) is 5.64. The molecule has 0 saturated heterocycles. The number of carbonyl (C=O) groups excluding carboxylic acids is 2. The van der Waals surface area contributed by atoms with Crippen LogP contribution in [0.1, 0.15) is 16.8 Å². The van der Waals surface area contributed by atoms with Gasteiger partial charge in [0.2, 0.25) is 4.96 Å². The number of benzene rings is 2. The normalized spacial score (nSPS) is 10.9. The quantitative estimate of drug-likeness (QED) is 0.468. The van der Waals surface area contributed by atoms with E-state index in [0.29, 0.717) is 28.5 Å². The molecular formula is C22H20FN5O2S. The minimum Gasteiger partial charge on any atom is -0.347 e. The molecule has 0 aliphatic rings. The molecule has 2 heterocycles. The molecule has 7 nitrogen and oxygen atoms in total. The number of hydrogen-bond donors (Lipinski definition) is 2. The van der Waals surface area contributed by atoms with Crippen molar-refractivity contribution in [2.45, 2.75) is 20.3 Å². The average molecular weight is 438 g/mol. The summed E-state index contributed by atoms with van der Waals surface area (Å²) in [4.78, 5) is 29.4. The lowest BCUT2D eigenvalue weighted by molar-refractivity contribution is -0.136. The van der Waals surface area contributed by atoms with Crippen molar-refractivity contribution in [3.8, 4) is 11.4 Å². The van der Waals surface area contributed by atoms with Gasteiger partial charge in [-0.1, -0.05) is 24.3 Å². The number of anilines is 1. The highest BCUT2D eigenvalue weighted by Gasteiger charge is 2.16. The van der Waals surface area contributed by atoms with Crippen molar-refractivity contribution >= 4 is 33.8 Å². The van der Waals surface area contributed by atoms with E-state index in [1.807, 2.05) is 37.4 Å². The average Bonchev–Trinajstić information content (AvgIpc) is 3.32. The Hall–Kier alpha value is -3.59. The summed E-state index contributed by atoms with van der Waals surface area (Å²) >= 11 is 1.38. The number of thiazole rings is 1. The Morgan fingerprint density at radius 3 is 2.74 bits per heavy atom. The van der Waals surface area contributed by atoms with Gasteiger partial charge in [0.15, 0.2) is 5.82 Å². The molecule has 0 aliphatic heterocycles. The zero-order chi connectivity index (χ0) is 22.0. The topological polar surface area (TPSA) is 88.4 Å². The van der Waals surface area contributed by atoms with E-state index in [-0.39, 0.29) is 12.4 Å². The summed E-state index contributed by atoms with van der Waals surface area (Å²) < 4.78 is 15.6. The van der Waals surface area contributed by atoms with Gasteiger partial charge in [-0.05, 0) is 43.2 Å². The lowest BCUT2D eigenvalue weighted by Gasteiger charge is -2.09. The molecule has 31 heavy (non-hydrogen) atoms. The summed E-state index contributed by atoms with van der Waals surface area (Å²) in [6.45, 7) is 4.03. The molecule has 0 bridgehead atoms. The van der Waals surface area contributed by atoms with Gasteiger partial charge in [-0.3, -0.25) is 9.59 Å². The van der Waals surface area contributed by atoms with Gasteiger partial charge in [-0.15, -0.1) is 16.4 Å². The van der Waals surface area contributed by atoms with E-state index in [4.69, 9.17) is 0 Å². The third-order valence-electron chi connectivity index (χ3n) is 4.78. The van der Waals surface area contributed by atoms with Crippen molar-refractivity contribution in [2.24, 2.45) is 0 Å². The third kappa shape index (κ3) is 4.46. The predicted molar refractivity (Wildman–Crippen MR) is 118 cm³/mol. The summed E-state index contributed by atoms with van der Waals surface area (Å²) in [7, 11) is 0. The Morgan fingerprint density at radius 2 is 1.94 bits per heavy atom. The van der Waals surface area contributed by atoms with Gasteiger partial charge in [0.1, 0.15) is 5.82 Å². The second kappa shape index (κ2) is 8.65. The van der Waals surface area contributed by atoms with Crippen LogP contribution in [0.2, 0.25) is 0 Å². The van der Waals surface area contributed by atoms with Crippen LogP contribution in [0.3, 0.4) is 0 Å². The number of rotatable bonds is 5. The maximum Gasteiger partial charge on any atom is 0.313 e. The summed E-state index contributed by atoms with van der Waals surface area (Å²) in [5, 5.41) is 11.5. The van der Waals surface area contributed by atoms with Crippen molar-refractivity contribution < 1.29 is 14.0 Å². The lowest BCUT2D eigenvalue weighted by atomic mass is 10.1. The lowest BCUT2D eigenvalue weighted by Crippen LogP contribution is -2.36. The summed E-state index contributed by atoms with van der Waals surface area (Å²) in [5.74, 6) is -1.50. The second-order valence-electron chi connectivity index (χ2n) is 7.12. The fraction of sp³-hybridized carbons (Fsp3) is 0.182. The number of fused-ring (bicyclic) bond motifs is 1. The van der Waals surface area contributed by atoms with Crippen LogP contribution < -0.4 is 10.6 Å². The molecule has 0 aliphatic carbocycles. The molecule has 9 heteroatoms. The van der Waals surface area contributed by atoms with Crippen LogP contribution in [0.25, 0.3) is 16.3 Å². The Morgan fingerprint density at radius 1 is 1.13 bits per heavy atom. The first kappa shape index (κ1) is 20.7. The van der Waals surface area contributed by atoms with E-state index >= 15 is 0 Å². The van der Waals surface area contributed by atoms with Crippen molar-refractivity contribution in [3.05, 3.63) is 70.5 Å². The molecule has 158 valence electrons. The Kier molecular flexibility index (Phi) is 5.77. The van der Waals surface area contributed by atoms with E-state index < -0.39 is 11.8 Å². The highest BCUT2D eigenvalue weighted by Crippen LogP contribution is 2.23. The molecule has 2 N–H and O–H groups in total. The van der Waals surface area contributed by atoms with E-state index in [1.165, 1.54) is 17.4 Å². The van der Waals surface area contributed by atoms with Gasteiger partial charge in [-0.2, -0.15) is 4.98 Å². The summed E-state index contributed by atoms with van der Waals surface area (Å²) in [6, 6.07) is 12.0. The number of aryl methyl sites for hydroxylation is 2. The molecule has 2 aromatic carbocycles. The number of carbonyl (C=O) groups is 2. The standard InChI is InChI=1S/C22H20FN5O2S/c1-13-7-8-14(2)18(11-13)25-21(30)20(29)24-10-9-15-12-31-22-26-19(27-28(15)22)16-5-3-4-6-17(16)23/h3-8,11-12H,9-10H2,1-2H3,(H,24,29)(H,25,30). The van der Waals surface area contributed by atoms with Gasteiger partial charge in [0.25, 0.3) is 0 Å². The first-order valence-corrected chi connectivity index (χ1v) is 10.5. The molecule has 2 aromatic heterocycles. The van der Waals surface area contributed by atoms with Gasteiger partial charge < -0.3 is 10.6 Å². The first-order valence-electron chi connectivity index (χ1n) is 9.67. The van der Waals surface area contributed by atoms with Crippen LogP contribution in [0.15, 0.2) is 47.8 Å². The van der Waals surface area contributed by atoms with Crippen molar-refractivity contribution in [1.29, 1.82) is 0 Å². The first-order chi connectivity index (χ1) is 14.9. The number of halogens is 1. The number of nitrogens with one attached hydrogen (secondary N) is 2. The highest BCUT2D eigenvalue weighted by atomic mass is 32.1. The largest absolute Gasteiger partial charge is 0.347 e. The molecule has 2 amide bonds. The number of hydrogen-bond acceptors (Lipinski definition) is 5. The van der Waals surface area contributed by atoms with Crippen LogP contribution in [-0.4, -0.2) is 33.0 Å². The number of nitrogens with zero attached hydrogens (tertiary/aromatic N) is 3. The Labute approximate surface area is 181 Å². The van der Waals surface area contributed by atoms with Crippen molar-refractivity contribution in [1.82, 2.24) is 19.9 Å². The zero-order valence-corrected chi connectivity index (χ0v) is 17.8. The minimum atomic E-state index is -0.716. The Balaban J connectivity index is 1.38. The van der Waals surface area contributed by atoms with Crippen LogP contribution in [0.4, 0.5) is 10.1 Å². The smallest absolute Gasteiger partial charge is 0.313 e. The van der Waals surface area contributed by atoms with Gasteiger partial charge in [-0.25, -0.2) is 8.91 Å². The monoisotopic (exact) mass is 437 g/mol. The Bertz CT molecular complexity index is 1280. The predicted octanol–water partition coefficient (Wildman–Crippen LogP) is 3.51. The molecule has 0 atom stereocenters. The van der Waals surface area contributed by atoms with Crippen molar-refractivity contribution in [3.63, 3.8) is 0 Å². The summed E-state index contributed by atoms with van der Waals surface area (Å²) in [6.07, 6.45) is 0.447. The van der Waals surface area contributed by atoms with E-state index in [1.54, 1.807) is 22.7 Å². The SMILES string of the molecule is Cc1ccc(C)c(NC(=O)C(=O)NCCc2csc3nc(-c4ccccc4F)nn23)c1. The molecule has 0 fully saturated rings. The molecule has 0 saturated carbocycles. The number of aromatic nitrogens is 3. The molecule has 0 unspecified atom stereocenters. The van der Waals surface area contributed by atoms with Gasteiger partial charge >= 0.3 is 11.8 Å². The van der Waals surface area contributed by atoms with Crippen molar-refractivity contribution in [2.75, 3.05) is 11.9 Å². The van der Waals surface area contributed by atoms with E-state index in [0.717, 1.165) is 16.8 Å². The van der Waals surface area contributed by atoms with Crippen LogP contribution in [0, 0.1) is 19.7 Å². The minimum absolute atomic E-state index is 0.250. The maximum absolute atomic E-state index is 14.0. The van der Waals surface area contributed by atoms with Crippen LogP contribution in [0.5, 0.6) is 0 Å².